The molecule has 1 aromatic heterocycles. The number of nitrogens with zero attached hydrogens (tertiary/aromatic N) is 2. The van der Waals surface area contributed by atoms with Gasteiger partial charge in [0.15, 0.2) is 0 Å². The first-order valence-corrected chi connectivity index (χ1v) is 3.91. The molecule has 5 heteroatoms. The van der Waals surface area contributed by atoms with Crippen molar-refractivity contribution in [3.63, 3.8) is 0 Å². The molecule has 0 aliphatic carbocycles. The quantitative estimate of drug-likeness (QED) is 0.450. The lowest BCUT2D eigenvalue weighted by molar-refractivity contribution is -0.152. The molecule has 1 aliphatic rings. The molecule has 0 spiro atoms. The Balaban J connectivity index is 2.32. The second-order valence-electron chi connectivity index (χ2n) is 2.93. The van der Waals surface area contributed by atoms with E-state index in [0.717, 1.165) is 5.69 Å². The Labute approximate surface area is 74.3 Å². The van der Waals surface area contributed by atoms with Crippen molar-refractivity contribution in [2.75, 3.05) is 0 Å². The predicted octanol–water partition coefficient (Wildman–Crippen LogP) is -0.0228. The topological polar surface area (TPSA) is 61.2 Å². The zero-order valence-electron chi connectivity index (χ0n) is 7.06. The minimum absolute atomic E-state index is 0.123. The third kappa shape index (κ3) is 1.22. The average molecular weight is 180 g/mol. The number of carbonyl (C=O) groups is 2. The number of esters is 2. The number of rotatable bonds is 1. The van der Waals surface area contributed by atoms with E-state index in [0.29, 0.717) is 0 Å². The summed E-state index contributed by atoms with van der Waals surface area (Å²) in [7, 11) is 1.73. The molecule has 0 radical (unpaired) electrons. The van der Waals surface area contributed by atoms with Gasteiger partial charge in [-0.05, 0) is 6.07 Å². The lowest BCUT2D eigenvalue weighted by Crippen LogP contribution is -2.10. The maximum atomic E-state index is 11.2. The van der Waals surface area contributed by atoms with Crippen LogP contribution in [0.3, 0.4) is 0 Å². The molecular formula is C8H8N2O3. The van der Waals surface area contributed by atoms with Gasteiger partial charge in [-0.25, -0.2) is 0 Å². The van der Waals surface area contributed by atoms with Crippen molar-refractivity contribution in [3.05, 3.63) is 18.0 Å². The van der Waals surface area contributed by atoms with Crippen molar-refractivity contribution in [3.8, 4) is 0 Å². The van der Waals surface area contributed by atoms with Gasteiger partial charge in [-0.1, -0.05) is 0 Å². The van der Waals surface area contributed by atoms with Gasteiger partial charge in [-0.3, -0.25) is 14.3 Å². The fourth-order valence-corrected chi connectivity index (χ4v) is 1.43. The number of aryl methyl sites for hydroxylation is 1. The van der Waals surface area contributed by atoms with Crippen LogP contribution in [0.15, 0.2) is 12.3 Å². The van der Waals surface area contributed by atoms with Crippen LogP contribution in [0.5, 0.6) is 0 Å². The molecule has 0 amide bonds. The summed E-state index contributed by atoms with van der Waals surface area (Å²) in [5, 5.41) is 3.92. The second-order valence-corrected chi connectivity index (χ2v) is 2.93. The Bertz CT molecular complexity index is 369. The van der Waals surface area contributed by atoms with Crippen LogP contribution in [0.4, 0.5) is 0 Å². The SMILES string of the molecule is Cn1nccc1C1CC(=O)OC1=O. The molecule has 1 aromatic rings. The highest BCUT2D eigenvalue weighted by Gasteiger charge is 2.36. The first kappa shape index (κ1) is 7.97. The van der Waals surface area contributed by atoms with Gasteiger partial charge in [-0.15, -0.1) is 0 Å². The number of cyclic esters (lactones) is 2. The molecule has 2 rings (SSSR count). The third-order valence-corrected chi connectivity index (χ3v) is 2.09. The van der Waals surface area contributed by atoms with E-state index >= 15 is 0 Å². The summed E-state index contributed by atoms with van der Waals surface area (Å²) in [6.07, 6.45) is 1.71. The van der Waals surface area contributed by atoms with Crippen LogP contribution in [0, 0.1) is 0 Å². The predicted molar refractivity (Wildman–Crippen MR) is 41.7 cm³/mol. The maximum absolute atomic E-state index is 11.2. The van der Waals surface area contributed by atoms with Gasteiger partial charge in [-0.2, -0.15) is 5.10 Å². The van der Waals surface area contributed by atoms with E-state index in [1.165, 1.54) is 0 Å². The largest absolute Gasteiger partial charge is 0.393 e. The van der Waals surface area contributed by atoms with Gasteiger partial charge in [0.1, 0.15) is 5.92 Å². The summed E-state index contributed by atoms with van der Waals surface area (Å²) in [5.74, 6) is -1.41. The van der Waals surface area contributed by atoms with E-state index in [9.17, 15) is 9.59 Å². The molecule has 1 unspecified atom stereocenters. The summed E-state index contributed by atoms with van der Waals surface area (Å²) >= 11 is 0. The fraction of sp³-hybridized carbons (Fsp3) is 0.375. The molecule has 0 aromatic carbocycles. The van der Waals surface area contributed by atoms with E-state index in [-0.39, 0.29) is 6.42 Å². The average Bonchev–Trinajstić information content (AvgIpc) is 2.58. The first-order valence-electron chi connectivity index (χ1n) is 3.91. The minimum Gasteiger partial charge on any atom is -0.393 e. The Hall–Kier alpha value is -1.65. The molecule has 2 heterocycles. The van der Waals surface area contributed by atoms with E-state index in [1.54, 1.807) is 24.0 Å². The van der Waals surface area contributed by atoms with Gasteiger partial charge >= 0.3 is 11.9 Å². The van der Waals surface area contributed by atoms with E-state index < -0.39 is 17.9 Å². The summed E-state index contributed by atoms with van der Waals surface area (Å²) in [4.78, 5) is 21.9. The lowest BCUT2D eigenvalue weighted by atomic mass is 10.0. The summed E-state index contributed by atoms with van der Waals surface area (Å²) in [6.45, 7) is 0. The Morgan fingerprint density at radius 2 is 2.38 bits per heavy atom. The molecule has 68 valence electrons. The summed E-state index contributed by atoms with van der Waals surface area (Å²) in [6, 6.07) is 1.71. The van der Waals surface area contributed by atoms with Gasteiger partial charge in [0.25, 0.3) is 0 Å². The van der Waals surface area contributed by atoms with E-state index in [4.69, 9.17) is 0 Å². The Kier molecular flexibility index (Phi) is 1.65. The normalized spacial score (nSPS) is 22.1. The third-order valence-electron chi connectivity index (χ3n) is 2.09. The standard InChI is InChI=1S/C8H8N2O3/c1-10-6(2-3-9-10)5-4-7(11)13-8(5)12/h2-3,5H,4H2,1H3. The van der Waals surface area contributed by atoms with Crippen molar-refractivity contribution in [1.29, 1.82) is 0 Å². The zero-order valence-corrected chi connectivity index (χ0v) is 7.06. The molecule has 13 heavy (non-hydrogen) atoms. The molecule has 0 bridgehead atoms. The van der Waals surface area contributed by atoms with Gasteiger partial charge in [0.05, 0.1) is 12.1 Å². The molecule has 0 N–H and O–H groups in total. The van der Waals surface area contributed by atoms with Crippen molar-refractivity contribution in [1.82, 2.24) is 9.78 Å². The van der Waals surface area contributed by atoms with Crippen LogP contribution in [0.2, 0.25) is 0 Å². The summed E-state index contributed by atoms with van der Waals surface area (Å²) < 4.78 is 6.01. The van der Waals surface area contributed by atoms with Crippen LogP contribution < -0.4 is 0 Å². The Morgan fingerprint density at radius 3 is 2.85 bits per heavy atom. The van der Waals surface area contributed by atoms with Crippen LogP contribution in [0.25, 0.3) is 0 Å². The fourth-order valence-electron chi connectivity index (χ4n) is 1.43. The number of aromatic nitrogens is 2. The molecule has 1 aliphatic heterocycles. The number of hydrogen-bond donors (Lipinski definition) is 0. The number of carbonyl (C=O) groups excluding carboxylic acids is 2. The molecule has 0 saturated carbocycles. The van der Waals surface area contributed by atoms with Crippen molar-refractivity contribution < 1.29 is 14.3 Å². The van der Waals surface area contributed by atoms with E-state index in [2.05, 4.69) is 9.84 Å². The number of hydrogen-bond acceptors (Lipinski definition) is 4. The Morgan fingerprint density at radius 1 is 1.62 bits per heavy atom. The highest BCUT2D eigenvalue weighted by atomic mass is 16.6. The smallest absolute Gasteiger partial charge is 0.323 e. The van der Waals surface area contributed by atoms with Crippen LogP contribution >= 0.6 is 0 Å². The van der Waals surface area contributed by atoms with Crippen molar-refractivity contribution in [2.45, 2.75) is 12.3 Å². The van der Waals surface area contributed by atoms with E-state index in [1.807, 2.05) is 0 Å². The molecule has 1 atom stereocenters. The highest BCUT2D eigenvalue weighted by molar-refractivity contribution is 5.97. The molecular weight excluding hydrogens is 172 g/mol. The van der Waals surface area contributed by atoms with Gasteiger partial charge in [0, 0.05) is 13.2 Å². The number of ether oxygens (including phenoxy) is 1. The second kappa shape index (κ2) is 2.69. The maximum Gasteiger partial charge on any atom is 0.323 e. The first-order chi connectivity index (χ1) is 6.18. The van der Waals surface area contributed by atoms with Crippen LogP contribution in [-0.2, 0) is 21.4 Å². The lowest BCUT2D eigenvalue weighted by Gasteiger charge is -2.03. The monoisotopic (exact) mass is 180 g/mol. The minimum atomic E-state index is -0.478. The molecule has 5 nitrogen and oxygen atoms in total. The van der Waals surface area contributed by atoms with Crippen molar-refractivity contribution in [2.24, 2.45) is 7.05 Å². The van der Waals surface area contributed by atoms with Gasteiger partial charge < -0.3 is 4.74 Å². The molecule has 1 saturated heterocycles. The van der Waals surface area contributed by atoms with Crippen LogP contribution in [-0.4, -0.2) is 21.7 Å². The van der Waals surface area contributed by atoms with Gasteiger partial charge in [0.2, 0.25) is 0 Å². The van der Waals surface area contributed by atoms with Crippen molar-refractivity contribution >= 4 is 11.9 Å². The zero-order chi connectivity index (χ0) is 9.42. The van der Waals surface area contributed by atoms with Crippen LogP contribution in [0.1, 0.15) is 18.0 Å². The molecule has 1 fully saturated rings. The summed E-state index contributed by atoms with van der Waals surface area (Å²) in [5.41, 5.74) is 0.718. The highest BCUT2D eigenvalue weighted by Crippen LogP contribution is 2.26.